The first-order valence-electron chi connectivity index (χ1n) is 3.45. The molecule has 0 aromatic carbocycles. The molecule has 0 saturated carbocycles. The lowest BCUT2D eigenvalue weighted by Gasteiger charge is -2.15. The van der Waals surface area contributed by atoms with Crippen LogP contribution in [0.5, 0.6) is 0 Å². The summed E-state index contributed by atoms with van der Waals surface area (Å²) in [7, 11) is -1.71. The molecule has 6 heteroatoms. The normalized spacial score (nSPS) is 16.8. The summed E-state index contributed by atoms with van der Waals surface area (Å²) in [5.74, 6) is -1.12. The van der Waals surface area contributed by atoms with Gasteiger partial charge < -0.3 is 15.9 Å². The van der Waals surface area contributed by atoms with Crippen LogP contribution in [-0.2, 0) is 9.36 Å². The number of aliphatic hydroxyl groups excluding tert-OH is 1. The number of carboxylic acids is 1. The third-order valence-corrected chi connectivity index (χ3v) is 2.56. The Hall–Kier alpha value is -0.510. The summed E-state index contributed by atoms with van der Waals surface area (Å²) in [6, 6.07) is 0. The second-order valence-corrected chi connectivity index (χ2v) is 4.51. The molecular formula is C6H13NO4P+. The maximum absolute atomic E-state index is 10.7. The Labute approximate surface area is 71.4 Å². The van der Waals surface area contributed by atoms with Crippen LogP contribution >= 0.6 is 7.80 Å². The van der Waals surface area contributed by atoms with Gasteiger partial charge in [0.15, 0.2) is 6.16 Å². The van der Waals surface area contributed by atoms with Crippen LogP contribution in [0.4, 0.5) is 0 Å². The molecule has 0 aliphatic heterocycles. The molecule has 4 N–H and O–H groups in total. The molecule has 0 heterocycles. The summed E-state index contributed by atoms with van der Waals surface area (Å²) in [5, 5.41) is 16.9. The largest absolute Gasteiger partial charge is 0.480 e. The monoisotopic (exact) mass is 194 g/mol. The number of aliphatic hydroxyl groups is 1. The SMILES string of the molecule is CC(N)(CC[P+](=O)CO)C(=O)O. The summed E-state index contributed by atoms with van der Waals surface area (Å²) >= 11 is 0. The molecule has 2 unspecified atom stereocenters. The summed E-state index contributed by atoms with van der Waals surface area (Å²) in [6.45, 7) is 1.36. The van der Waals surface area contributed by atoms with Crippen molar-refractivity contribution in [3.05, 3.63) is 0 Å². The highest BCUT2D eigenvalue weighted by molar-refractivity contribution is 7.44. The van der Waals surface area contributed by atoms with Crippen LogP contribution in [-0.4, -0.2) is 34.2 Å². The first-order chi connectivity index (χ1) is 5.40. The lowest BCUT2D eigenvalue weighted by Crippen LogP contribution is -2.45. The van der Waals surface area contributed by atoms with Gasteiger partial charge in [0.2, 0.25) is 6.35 Å². The van der Waals surface area contributed by atoms with Crippen molar-refractivity contribution >= 4 is 13.8 Å². The number of aliphatic carboxylic acids is 1. The van der Waals surface area contributed by atoms with E-state index in [-0.39, 0.29) is 12.6 Å². The van der Waals surface area contributed by atoms with Gasteiger partial charge in [-0.25, -0.2) is 0 Å². The molecule has 0 radical (unpaired) electrons. The fraction of sp³-hybridized carbons (Fsp3) is 0.833. The standard InChI is InChI=1S/C6H12NO4P/c1-6(7,5(9)10)2-3-12(11)4-8/h8H,2-4,7H2,1H3/p+1. The minimum atomic E-state index is -1.71. The van der Waals surface area contributed by atoms with Gasteiger partial charge in [-0.1, -0.05) is 4.57 Å². The lowest BCUT2D eigenvalue weighted by atomic mass is 10.0. The highest BCUT2D eigenvalue weighted by Gasteiger charge is 2.31. The highest BCUT2D eigenvalue weighted by atomic mass is 31.1. The molecule has 0 aliphatic rings. The zero-order valence-electron chi connectivity index (χ0n) is 6.86. The molecule has 70 valence electrons. The molecule has 0 aromatic heterocycles. The van der Waals surface area contributed by atoms with E-state index >= 15 is 0 Å². The van der Waals surface area contributed by atoms with E-state index in [4.69, 9.17) is 15.9 Å². The fourth-order valence-corrected chi connectivity index (χ4v) is 1.39. The van der Waals surface area contributed by atoms with E-state index in [2.05, 4.69) is 0 Å². The Bertz CT molecular complexity index is 192. The molecule has 0 rings (SSSR count). The Kier molecular flexibility index (Phi) is 4.31. The van der Waals surface area contributed by atoms with E-state index in [0.717, 1.165) is 0 Å². The van der Waals surface area contributed by atoms with Crippen molar-refractivity contribution in [1.82, 2.24) is 0 Å². The van der Waals surface area contributed by atoms with Crippen LogP contribution in [0, 0.1) is 0 Å². The number of hydrogen-bond donors (Lipinski definition) is 3. The number of rotatable bonds is 5. The minimum absolute atomic E-state index is 0.109. The predicted octanol–water partition coefficient (Wildman–Crippen LogP) is -0.0443. The van der Waals surface area contributed by atoms with E-state index < -0.39 is 25.7 Å². The van der Waals surface area contributed by atoms with Crippen molar-refractivity contribution in [3.8, 4) is 0 Å². The molecule has 2 atom stereocenters. The molecule has 12 heavy (non-hydrogen) atoms. The third-order valence-electron chi connectivity index (χ3n) is 1.53. The van der Waals surface area contributed by atoms with Crippen LogP contribution < -0.4 is 5.73 Å². The van der Waals surface area contributed by atoms with Gasteiger partial charge in [-0.2, -0.15) is 0 Å². The van der Waals surface area contributed by atoms with E-state index in [9.17, 15) is 9.36 Å². The van der Waals surface area contributed by atoms with Gasteiger partial charge in [-0.05, 0) is 6.92 Å². The summed E-state index contributed by atoms with van der Waals surface area (Å²) < 4.78 is 10.7. The van der Waals surface area contributed by atoms with Gasteiger partial charge in [-0.3, -0.25) is 4.79 Å². The van der Waals surface area contributed by atoms with Crippen molar-refractivity contribution in [1.29, 1.82) is 0 Å². The first-order valence-corrected chi connectivity index (χ1v) is 5.08. The van der Waals surface area contributed by atoms with Crippen molar-refractivity contribution < 1.29 is 19.6 Å². The molecule has 0 bridgehead atoms. The molecule has 0 spiro atoms. The Morgan fingerprint density at radius 2 is 2.17 bits per heavy atom. The predicted molar refractivity (Wildman–Crippen MR) is 44.4 cm³/mol. The number of hydrogen-bond acceptors (Lipinski definition) is 4. The summed E-state index contributed by atoms with van der Waals surface area (Å²) in [4.78, 5) is 10.4. The van der Waals surface area contributed by atoms with E-state index in [1.54, 1.807) is 0 Å². The Morgan fingerprint density at radius 1 is 1.67 bits per heavy atom. The summed E-state index contributed by atoms with van der Waals surface area (Å²) in [6.07, 6.45) is -0.158. The van der Waals surface area contributed by atoms with Crippen molar-refractivity contribution in [2.45, 2.75) is 18.9 Å². The smallest absolute Gasteiger partial charge is 0.366 e. The van der Waals surface area contributed by atoms with Crippen LogP contribution in [0.1, 0.15) is 13.3 Å². The quantitative estimate of drug-likeness (QED) is 0.533. The van der Waals surface area contributed by atoms with Crippen LogP contribution in [0.3, 0.4) is 0 Å². The number of nitrogens with two attached hydrogens (primary N) is 1. The van der Waals surface area contributed by atoms with Crippen LogP contribution in [0.25, 0.3) is 0 Å². The molecule has 5 nitrogen and oxygen atoms in total. The average Bonchev–Trinajstić information content (AvgIpc) is 2.00. The maximum atomic E-state index is 10.7. The molecule has 0 amide bonds. The lowest BCUT2D eigenvalue weighted by molar-refractivity contribution is -0.142. The second kappa shape index (κ2) is 4.50. The van der Waals surface area contributed by atoms with Gasteiger partial charge in [0.1, 0.15) is 5.54 Å². The molecule has 0 saturated heterocycles. The topological polar surface area (TPSA) is 101 Å². The highest BCUT2D eigenvalue weighted by Crippen LogP contribution is 2.22. The Morgan fingerprint density at radius 3 is 2.50 bits per heavy atom. The van der Waals surface area contributed by atoms with E-state index in [1.165, 1.54) is 6.92 Å². The van der Waals surface area contributed by atoms with E-state index in [1.807, 2.05) is 0 Å². The number of carbonyl (C=O) groups is 1. The summed E-state index contributed by atoms with van der Waals surface area (Å²) in [5.41, 5.74) is 4.01. The first kappa shape index (κ1) is 11.5. The average molecular weight is 194 g/mol. The fourth-order valence-electron chi connectivity index (χ4n) is 0.535. The maximum Gasteiger partial charge on any atom is 0.366 e. The Balaban J connectivity index is 3.92. The van der Waals surface area contributed by atoms with Gasteiger partial charge in [0.25, 0.3) is 0 Å². The van der Waals surface area contributed by atoms with Gasteiger partial charge in [0.05, 0.1) is 0 Å². The van der Waals surface area contributed by atoms with Crippen molar-refractivity contribution in [2.24, 2.45) is 5.73 Å². The van der Waals surface area contributed by atoms with Crippen molar-refractivity contribution in [2.75, 3.05) is 12.5 Å². The van der Waals surface area contributed by atoms with Crippen LogP contribution in [0.15, 0.2) is 0 Å². The second-order valence-electron chi connectivity index (χ2n) is 2.82. The molecule has 0 fully saturated rings. The van der Waals surface area contributed by atoms with Crippen LogP contribution in [0.2, 0.25) is 0 Å². The van der Waals surface area contributed by atoms with Crippen molar-refractivity contribution in [3.63, 3.8) is 0 Å². The van der Waals surface area contributed by atoms with E-state index in [0.29, 0.717) is 0 Å². The van der Waals surface area contributed by atoms with Gasteiger partial charge in [0, 0.05) is 6.42 Å². The molecule has 0 aliphatic carbocycles. The number of carboxylic acid groups (broad SMARTS) is 1. The molecule has 0 aromatic rings. The zero-order chi connectivity index (χ0) is 9.78. The third kappa shape index (κ3) is 3.76. The zero-order valence-corrected chi connectivity index (χ0v) is 7.75. The minimum Gasteiger partial charge on any atom is -0.480 e. The molecular weight excluding hydrogens is 181 g/mol. The van der Waals surface area contributed by atoms with Gasteiger partial charge >= 0.3 is 13.8 Å². The van der Waals surface area contributed by atoms with Gasteiger partial charge in [-0.15, -0.1) is 0 Å².